The van der Waals surface area contributed by atoms with Gasteiger partial charge >= 0.3 is 0 Å². The number of nitrogens with one attached hydrogen (secondary N) is 1. The Morgan fingerprint density at radius 1 is 1.04 bits per heavy atom. The Hall–Kier alpha value is -2.69. The monoisotopic (exact) mass is 374 g/mol. The fraction of sp³-hybridized carbons (Fsp3) is 0.174. The predicted octanol–water partition coefficient (Wildman–Crippen LogP) is 5.82. The standard InChI is InChI=1S/C23H22N2OS/c1-16(19-9-8-18-5-3-4-6-20(18)14-19)25-15-17-7-10-22(26-2)21(13-17)23-24-11-12-27-23/h3-14,16,25H,15H2,1-2H3. The maximum atomic E-state index is 5.51. The molecule has 1 N–H and O–H groups in total. The second-order valence-electron chi connectivity index (χ2n) is 6.58. The quantitative estimate of drug-likeness (QED) is 0.461. The van der Waals surface area contributed by atoms with Crippen molar-refractivity contribution in [3.63, 3.8) is 0 Å². The molecule has 4 rings (SSSR count). The summed E-state index contributed by atoms with van der Waals surface area (Å²) in [5, 5.41) is 9.15. The normalized spacial score (nSPS) is 12.2. The summed E-state index contributed by atoms with van der Waals surface area (Å²) in [5.41, 5.74) is 3.56. The first-order valence-corrected chi connectivity index (χ1v) is 9.91. The van der Waals surface area contributed by atoms with Gasteiger partial charge in [-0.3, -0.25) is 0 Å². The van der Waals surface area contributed by atoms with Crippen molar-refractivity contribution in [2.45, 2.75) is 19.5 Å². The minimum absolute atomic E-state index is 0.264. The van der Waals surface area contributed by atoms with Crippen molar-refractivity contribution >= 4 is 22.1 Å². The summed E-state index contributed by atoms with van der Waals surface area (Å²) in [6.45, 7) is 2.99. The molecule has 0 saturated heterocycles. The molecule has 0 saturated carbocycles. The third kappa shape index (κ3) is 3.87. The highest BCUT2D eigenvalue weighted by atomic mass is 32.1. The Bertz CT molecular complexity index is 1040. The van der Waals surface area contributed by atoms with Crippen LogP contribution in [0.4, 0.5) is 0 Å². The largest absolute Gasteiger partial charge is 0.496 e. The van der Waals surface area contributed by atoms with Gasteiger partial charge in [-0.1, -0.05) is 42.5 Å². The molecular weight excluding hydrogens is 352 g/mol. The van der Waals surface area contributed by atoms with Gasteiger partial charge in [0.1, 0.15) is 10.8 Å². The first kappa shape index (κ1) is 17.7. The third-order valence-electron chi connectivity index (χ3n) is 4.81. The second-order valence-corrected chi connectivity index (χ2v) is 7.48. The van der Waals surface area contributed by atoms with E-state index in [9.17, 15) is 0 Å². The number of thiazole rings is 1. The van der Waals surface area contributed by atoms with Crippen LogP contribution in [0.2, 0.25) is 0 Å². The fourth-order valence-corrected chi connectivity index (χ4v) is 3.91. The summed E-state index contributed by atoms with van der Waals surface area (Å²) < 4.78 is 5.51. The van der Waals surface area contributed by atoms with Gasteiger partial charge in [-0.15, -0.1) is 11.3 Å². The summed E-state index contributed by atoms with van der Waals surface area (Å²) in [6.07, 6.45) is 1.83. The van der Waals surface area contributed by atoms with Crippen LogP contribution in [0.5, 0.6) is 5.75 Å². The van der Waals surface area contributed by atoms with E-state index in [0.717, 1.165) is 22.9 Å². The minimum atomic E-state index is 0.264. The molecule has 1 atom stereocenters. The molecule has 136 valence electrons. The van der Waals surface area contributed by atoms with Gasteiger partial charge in [-0.2, -0.15) is 0 Å². The average molecular weight is 375 g/mol. The van der Waals surface area contributed by atoms with E-state index in [1.165, 1.54) is 21.9 Å². The summed E-state index contributed by atoms with van der Waals surface area (Å²) in [5.74, 6) is 0.858. The zero-order valence-corrected chi connectivity index (χ0v) is 16.3. The van der Waals surface area contributed by atoms with Gasteiger partial charge < -0.3 is 10.1 Å². The molecule has 0 aliphatic heterocycles. The van der Waals surface area contributed by atoms with E-state index in [1.807, 2.05) is 17.6 Å². The molecule has 0 spiro atoms. The molecule has 4 aromatic rings. The van der Waals surface area contributed by atoms with Crippen molar-refractivity contribution in [1.82, 2.24) is 10.3 Å². The number of hydrogen-bond acceptors (Lipinski definition) is 4. The van der Waals surface area contributed by atoms with Crippen LogP contribution in [0, 0.1) is 0 Å². The zero-order valence-electron chi connectivity index (χ0n) is 15.5. The predicted molar refractivity (Wildman–Crippen MR) is 113 cm³/mol. The first-order chi connectivity index (χ1) is 13.2. The van der Waals surface area contributed by atoms with Crippen LogP contribution in [-0.4, -0.2) is 12.1 Å². The number of ether oxygens (including phenoxy) is 1. The van der Waals surface area contributed by atoms with E-state index in [0.29, 0.717) is 0 Å². The van der Waals surface area contributed by atoms with E-state index < -0.39 is 0 Å². The average Bonchev–Trinajstić information content (AvgIpc) is 3.26. The molecule has 27 heavy (non-hydrogen) atoms. The maximum absolute atomic E-state index is 5.51. The van der Waals surface area contributed by atoms with Crippen LogP contribution >= 0.6 is 11.3 Å². The number of fused-ring (bicyclic) bond motifs is 1. The van der Waals surface area contributed by atoms with Gasteiger partial charge in [-0.05, 0) is 47.0 Å². The summed E-state index contributed by atoms with van der Waals surface area (Å²) in [4.78, 5) is 4.43. The van der Waals surface area contributed by atoms with Gasteiger partial charge in [0.25, 0.3) is 0 Å². The van der Waals surface area contributed by atoms with Crippen molar-refractivity contribution in [1.29, 1.82) is 0 Å². The van der Waals surface area contributed by atoms with Gasteiger partial charge in [-0.25, -0.2) is 4.98 Å². The zero-order chi connectivity index (χ0) is 18.6. The highest BCUT2D eigenvalue weighted by Crippen LogP contribution is 2.32. The van der Waals surface area contributed by atoms with Crippen molar-refractivity contribution < 1.29 is 4.74 Å². The number of hydrogen-bond donors (Lipinski definition) is 1. The molecule has 0 aliphatic carbocycles. The van der Waals surface area contributed by atoms with Crippen molar-refractivity contribution in [2.75, 3.05) is 7.11 Å². The van der Waals surface area contributed by atoms with E-state index in [1.54, 1.807) is 18.4 Å². The number of benzene rings is 3. The lowest BCUT2D eigenvalue weighted by molar-refractivity contribution is 0.416. The lowest BCUT2D eigenvalue weighted by atomic mass is 10.0. The van der Waals surface area contributed by atoms with E-state index in [-0.39, 0.29) is 6.04 Å². The van der Waals surface area contributed by atoms with Gasteiger partial charge in [0.05, 0.1) is 12.7 Å². The molecule has 3 nitrogen and oxygen atoms in total. The number of rotatable bonds is 6. The molecule has 1 heterocycles. The molecule has 4 heteroatoms. The van der Waals surface area contributed by atoms with Crippen molar-refractivity contribution in [3.8, 4) is 16.3 Å². The van der Waals surface area contributed by atoms with Gasteiger partial charge in [0, 0.05) is 24.2 Å². The van der Waals surface area contributed by atoms with Gasteiger partial charge in [0.2, 0.25) is 0 Å². The van der Waals surface area contributed by atoms with Crippen LogP contribution in [0.3, 0.4) is 0 Å². The molecule has 0 fully saturated rings. The lowest BCUT2D eigenvalue weighted by Gasteiger charge is -2.16. The molecular formula is C23H22N2OS. The van der Waals surface area contributed by atoms with E-state index in [2.05, 4.69) is 71.8 Å². The first-order valence-electron chi connectivity index (χ1n) is 9.03. The Morgan fingerprint density at radius 2 is 1.89 bits per heavy atom. The Morgan fingerprint density at radius 3 is 2.67 bits per heavy atom. The summed E-state index contributed by atoms with van der Waals surface area (Å²) >= 11 is 1.63. The van der Waals surface area contributed by atoms with Crippen LogP contribution in [0.15, 0.2) is 72.2 Å². The molecule has 0 amide bonds. The van der Waals surface area contributed by atoms with Crippen LogP contribution in [-0.2, 0) is 6.54 Å². The fourth-order valence-electron chi connectivity index (χ4n) is 3.25. The van der Waals surface area contributed by atoms with Crippen molar-refractivity contribution in [2.24, 2.45) is 0 Å². The molecule has 3 aromatic carbocycles. The lowest BCUT2D eigenvalue weighted by Crippen LogP contribution is -2.18. The number of aromatic nitrogens is 1. The topological polar surface area (TPSA) is 34.1 Å². The van der Waals surface area contributed by atoms with Crippen LogP contribution in [0.1, 0.15) is 24.1 Å². The molecule has 1 aromatic heterocycles. The highest BCUT2D eigenvalue weighted by Gasteiger charge is 2.11. The second kappa shape index (κ2) is 7.91. The van der Waals surface area contributed by atoms with Crippen molar-refractivity contribution in [3.05, 3.63) is 83.4 Å². The summed E-state index contributed by atoms with van der Waals surface area (Å²) in [6, 6.07) is 21.7. The number of methoxy groups -OCH3 is 1. The molecule has 1 unspecified atom stereocenters. The van der Waals surface area contributed by atoms with Gasteiger partial charge in [0.15, 0.2) is 0 Å². The summed E-state index contributed by atoms with van der Waals surface area (Å²) in [7, 11) is 1.70. The maximum Gasteiger partial charge on any atom is 0.129 e. The Labute approximate surface area is 163 Å². The minimum Gasteiger partial charge on any atom is -0.496 e. The van der Waals surface area contributed by atoms with E-state index >= 15 is 0 Å². The highest BCUT2D eigenvalue weighted by molar-refractivity contribution is 7.13. The Balaban J connectivity index is 1.51. The third-order valence-corrected chi connectivity index (χ3v) is 5.62. The van der Waals surface area contributed by atoms with Crippen LogP contribution < -0.4 is 10.1 Å². The van der Waals surface area contributed by atoms with E-state index in [4.69, 9.17) is 4.74 Å². The smallest absolute Gasteiger partial charge is 0.129 e. The molecule has 0 radical (unpaired) electrons. The SMILES string of the molecule is COc1ccc(CNC(C)c2ccc3ccccc3c2)cc1-c1nccs1. The Kier molecular flexibility index (Phi) is 5.19. The molecule has 0 bridgehead atoms. The molecule has 0 aliphatic rings. The number of nitrogens with zero attached hydrogens (tertiary/aromatic N) is 1. The van der Waals surface area contributed by atoms with Crippen LogP contribution in [0.25, 0.3) is 21.3 Å².